The lowest BCUT2D eigenvalue weighted by Gasteiger charge is -2.11. The summed E-state index contributed by atoms with van der Waals surface area (Å²) in [7, 11) is 0. The van der Waals surface area contributed by atoms with E-state index in [1.54, 1.807) is 54.7 Å². The molecule has 186 valence electrons. The number of amides is 1. The molecule has 1 amide bonds. The number of carbonyl (C=O) groups is 1. The first kappa shape index (κ1) is 24.8. The standard InChI is InChI=1S/C26H21N5O6/c1-17-14-20(16-27-28-26(32)19-6-4-3-5-7-19)18(2)29(17)21-8-11-23(12-9-21)37-25-13-10-22(30(33)34)15-24(25)31(35)36/h3-16H,1-2H3,(H,28,32)/b27-16+. The van der Waals surface area contributed by atoms with Crippen molar-refractivity contribution in [3.8, 4) is 17.2 Å². The number of aromatic nitrogens is 1. The number of nitrogens with one attached hydrogen (secondary N) is 1. The molecule has 3 aromatic carbocycles. The Morgan fingerprint density at radius 1 is 0.946 bits per heavy atom. The van der Waals surface area contributed by atoms with Crippen LogP contribution < -0.4 is 10.2 Å². The smallest absolute Gasteiger partial charge is 0.318 e. The Bertz CT molecular complexity index is 1510. The molecule has 0 aliphatic rings. The molecule has 0 spiro atoms. The fourth-order valence-electron chi connectivity index (χ4n) is 3.77. The van der Waals surface area contributed by atoms with Gasteiger partial charge in [-0.1, -0.05) is 18.2 Å². The number of hydrogen-bond donors (Lipinski definition) is 1. The number of aryl methyl sites for hydroxylation is 1. The number of ether oxygens (including phenoxy) is 1. The van der Waals surface area contributed by atoms with E-state index in [0.29, 0.717) is 11.3 Å². The van der Waals surface area contributed by atoms with Crippen molar-refractivity contribution >= 4 is 23.5 Å². The van der Waals surface area contributed by atoms with Gasteiger partial charge in [0.2, 0.25) is 5.75 Å². The van der Waals surface area contributed by atoms with Crippen LogP contribution in [0.2, 0.25) is 0 Å². The van der Waals surface area contributed by atoms with Gasteiger partial charge in [0.05, 0.1) is 22.1 Å². The van der Waals surface area contributed by atoms with Gasteiger partial charge in [0.1, 0.15) is 5.75 Å². The van der Waals surface area contributed by atoms with Crippen LogP contribution in [-0.2, 0) is 0 Å². The summed E-state index contributed by atoms with van der Waals surface area (Å²) in [6, 6.07) is 20.8. The highest BCUT2D eigenvalue weighted by Crippen LogP contribution is 2.34. The molecule has 4 rings (SSSR count). The molecule has 0 saturated carbocycles. The van der Waals surface area contributed by atoms with Gasteiger partial charge in [-0.2, -0.15) is 5.10 Å². The van der Waals surface area contributed by atoms with E-state index in [0.717, 1.165) is 34.8 Å². The number of nitrogens with zero attached hydrogens (tertiary/aromatic N) is 4. The molecule has 11 heteroatoms. The monoisotopic (exact) mass is 499 g/mol. The molecule has 11 nitrogen and oxygen atoms in total. The lowest BCUT2D eigenvalue weighted by Crippen LogP contribution is -2.17. The molecule has 1 aromatic heterocycles. The Balaban J connectivity index is 1.51. The van der Waals surface area contributed by atoms with Gasteiger partial charge in [0.25, 0.3) is 11.6 Å². The van der Waals surface area contributed by atoms with Gasteiger partial charge in [0.15, 0.2) is 0 Å². The summed E-state index contributed by atoms with van der Waals surface area (Å²) < 4.78 is 7.62. The maximum atomic E-state index is 12.2. The van der Waals surface area contributed by atoms with Crippen molar-refractivity contribution in [1.29, 1.82) is 0 Å². The highest BCUT2D eigenvalue weighted by atomic mass is 16.6. The molecule has 37 heavy (non-hydrogen) atoms. The van der Waals surface area contributed by atoms with Gasteiger partial charge in [-0.3, -0.25) is 25.0 Å². The zero-order valence-electron chi connectivity index (χ0n) is 19.8. The Kier molecular flexibility index (Phi) is 7.05. The third-order valence-electron chi connectivity index (χ3n) is 5.55. The molecule has 4 aromatic rings. The molecule has 0 unspecified atom stereocenters. The van der Waals surface area contributed by atoms with Crippen LogP contribution in [-0.4, -0.2) is 26.5 Å². The molecule has 0 aliphatic carbocycles. The van der Waals surface area contributed by atoms with E-state index in [1.165, 1.54) is 6.07 Å². The minimum atomic E-state index is -0.728. The fourth-order valence-corrected chi connectivity index (χ4v) is 3.77. The van der Waals surface area contributed by atoms with Gasteiger partial charge >= 0.3 is 5.69 Å². The maximum absolute atomic E-state index is 12.2. The third-order valence-corrected chi connectivity index (χ3v) is 5.55. The first-order valence-electron chi connectivity index (χ1n) is 11.0. The number of hydrogen-bond acceptors (Lipinski definition) is 7. The van der Waals surface area contributed by atoms with Crippen molar-refractivity contribution in [3.05, 3.63) is 122 Å². The Morgan fingerprint density at radius 3 is 2.30 bits per heavy atom. The third kappa shape index (κ3) is 5.51. The molecule has 0 fully saturated rings. The number of rotatable bonds is 8. The van der Waals surface area contributed by atoms with Gasteiger partial charge in [-0.15, -0.1) is 0 Å². The summed E-state index contributed by atoms with van der Waals surface area (Å²) in [5.74, 6) is -0.0872. The van der Waals surface area contributed by atoms with Gasteiger partial charge in [0, 0.05) is 34.3 Å². The Morgan fingerprint density at radius 2 is 1.65 bits per heavy atom. The van der Waals surface area contributed by atoms with Crippen molar-refractivity contribution in [2.75, 3.05) is 0 Å². The first-order chi connectivity index (χ1) is 17.7. The average Bonchev–Trinajstić information content (AvgIpc) is 3.17. The quantitative estimate of drug-likeness (QED) is 0.194. The molecular formula is C26H21N5O6. The zero-order chi connectivity index (χ0) is 26.5. The zero-order valence-corrected chi connectivity index (χ0v) is 19.8. The fraction of sp³-hybridized carbons (Fsp3) is 0.0769. The van der Waals surface area contributed by atoms with Crippen LogP contribution >= 0.6 is 0 Å². The van der Waals surface area contributed by atoms with Gasteiger partial charge < -0.3 is 9.30 Å². The van der Waals surface area contributed by atoms with Crippen LogP contribution in [0.15, 0.2) is 84.0 Å². The molecule has 0 saturated heterocycles. The Hall–Kier alpha value is -5.32. The van der Waals surface area contributed by atoms with E-state index in [9.17, 15) is 25.0 Å². The predicted octanol–water partition coefficient (Wildman–Crippen LogP) is 5.47. The predicted molar refractivity (Wildman–Crippen MR) is 137 cm³/mol. The molecule has 1 heterocycles. The molecular weight excluding hydrogens is 478 g/mol. The normalized spacial score (nSPS) is 10.9. The van der Waals surface area contributed by atoms with Crippen LogP contribution in [0, 0.1) is 34.1 Å². The lowest BCUT2D eigenvalue weighted by molar-refractivity contribution is -0.394. The summed E-state index contributed by atoms with van der Waals surface area (Å²) in [5.41, 5.74) is 5.56. The van der Waals surface area contributed by atoms with Crippen LogP contribution in [0.3, 0.4) is 0 Å². The number of benzene rings is 3. The van der Waals surface area contributed by atoms with E-state index in [1.807, 2.05) is 30.5 Å². The average molecular weight is 499 g/mol. The van der Waals surface area contributed by atoms with Crippen molar-refractivity contribution < 1.29 is 19.4 Å². The van der Waals surface area contributed by atoms with Crippen molar-refractivity contribution in [2.45, 2.75) is 13.8 Å². The molecule has 1 N–H and O–H groups in total. The minimum Gasteiger partial charge on any atom is -0.450 e. The number of hydrazone groups is 1. The number of carbonyl (C=O) groups excluding carboxylic acids is 1. The second kappa shape index (κ2) is 10.5. The van der Waals surface area contributed by atoms with Crippen molar-refractivity contribution in [1.82, 2.24) is 9.99 Å². The van der Waals surface area contributed by atoms with Crippen LogP contribution in [0.25, 0.3) is 5.69 Å². The summed E-state index contributed by atoms with van der Waals surface area (Å²) in [4.78, 5) is 33.0. The summed E-state index contributed by atoms with van der Waals surface area (Å²) in [6.07, 6.45) is 1.57. The SMILES string of the molecule is Cc1cc(/C=N/NC(=O)c2ccccc2)c(C)n1-c1ccc(Oc2ccc([N+](=O)[O-])cc2[N+](=O)[O-])cc1. The molecule has 0 radical (unpaired) electrons. The first-order valence-corrected chi connectivity index (χ1v) is 11.0. The summed E-state index contributed by atoms with van der Waals surface area (Å²) >= 11 is 0. The minimum absolute atomic E-state index is 0.104. The summed E-state index contributed by atoms with van der Waals surface area (Å²) in [6.45, 7) is 3.84. The largest absolute Gasteiger partial charge is 0.450 e. The van der Waals surface area contributed by atoms with E-state index in [2.05, 4.69) is 10.5 Å². The lowest BCUT2D eigenvalue weighted by atomic mass is 10.2. The maximum Gasteiger partial charge on any atom is 0.318 e. The van der Waals surface area contributed by atoms with E-state index >= 15 is 0 Å². The Labute approximate surface area is 210 Å². The molecule has 0 atom stereocenters. The number of non-ortho nitro benzene ring substituents is 1. The van der Waals surface area contributed by atoms with E-state index in [-0.39, 0.29) is 11.7 Å². The molecule has 0 bridgehead atoms. The van der Waals surface area contributed by atoms with Crippen molar-refractivity contribution in [3.63, 3.8) is 0 Å². The number of nitro groups is 2. The summed E-state index contributed by atoms with van der Waals surface area (Å²) in [5, 5.41) is 26.4. The van der Waals surface area contributed by atoms with Crippen LogP contribution in [0.4, 0.5) is 11.4 Å². The second-order valence-electron chi connectivity index (χ2n) is 7.99. The van der Waals surface area contributed by atoms with Crippen LogP contribution in [0.1, 0.15) is 27.3 Å². The van der Waals surface area contributed by atoms with Crippen LogP contribution in [0.5, 0.6) is 11.5 Å². The molecule has 0 aliphatic heterocycles. The highest BCUT2D eigenvalue weighted by molar-refractivity contribution is 5.95. The van der Waals surface area contributed by atoms with E-state index < -0.39 is 21.2 Å². The second-order valence-corrected chi connectivity index (χ2v) is 7.99. The van der Waals surface area contributed by atoms with Gasteiger partial charge in [-0.25, -0.2) is 5.43 Å². The topological polar surface area (TPSA) is 142 Å². The van der Waals surface area contributed by atoms with Gasteiger partial charge in [-0.05, 0) is 62.4 Å². The number of nitro benzene ring substituents is 2. The van der Waals surface area contributed by atoms with Crippen molar-refractivity contribution in [2.24, 2.45) is 5.10 Å². The van der Waals surface area contributed by atoms with E-state index in [4.69, 9.17) is 4.74 Å². The highest BCUT2D eigenvalue weighted by Gasteiger charge is 2.21.